The van der Waals surface area contributed by atoms with Gasteiger partial charge in [0.15, 0.2) is 0 Å². The fraction of sp³-hybridized carbons (Fsp3) is 0.500. The molecule has 1 aliphatic heterocycles. The molecule has 0 bridgehead atoms. The molecule has 0 radical (unpaired) electrons. The van der Waals surface area contributed by atoms with E-state index in [9.17, 15) is 5.11 Å². The highest BCUT2D eigenvalue weighted by Crippen LogP contribution is 2.33. The third-order valence-corrected chi connectivity index (χ3v) is 3.97. The summed E-state index contributed by atoms with van der Waals surface area (Å²) >= 11 is 9.54. The van der Waals surface area contributed by atoms with Gasteiger partial charge in [0.25, 0.3) is 0 Å². The van der Waals surface area contributed by atoms with Crippen molar-refractivity contribution >= 4 is 27.5 Å². The predicted octanol–water partition coefficient (Wildman–Crippen LogP) is 2.47. The van der Waals surface area contributed by atoms with Crippen LogP contribution < -0.4 is 0 Å². The van der Waals surface area contributed by atoms with E-state index in [4.69, 9.17) is 16.3 Å². The smallest absolute Gasteiger partial charge is 0.109 e. The highest BCUT2D eigenvalue weighted by atomic mass is 79.9. The molecule has 0 aliphatic carbocycles. The van der Waals surface area contributed by atoms with Crippen LogP contribution in [-0.4, -0.2) is 42.9 Å². The minimum Gasteiger partial charge on any atom is -0.386 e. The Bertz CT molecular complexity index is 382. The average Bonchev–Trinajstić information content (AvgIpc) is 2.28. The molecule has 0 spiro atoms. The van der Waals surface area contributed by atoms with Crippen LogP contribution >= 0.6 is 27.5 Å². The van der Waals surface area contributed by atoms with Crippen LogP contribution in [0.3, 0.4) is 0 Å². The highest BCUT2D eigenvalue weighted by Gasteiger charge is 2.29. The molecule has 0 amide bonds. The number of ether oxygens (including phenoxy) is 1. The van der Waals surface area contributed by atoms with Crippen molar-refractivity contribution in [3.63, 3.8) is 0 Å². The van der Waals surface area contributed by atoms with Gasteiger partial charge in [0.05, 0.1) is 6.61 Å². The minimum atomic E-state index is -0.708. The summed E-state index contributed by atoms with van der Waals surface area (Å²) in [6, 6.07) is 5.49. The van der Waals surface area contributed by atoms with Gasteiger partial charge in [-0.05, 0) is 19.2 Å². The van der Waals surface area contributed by atoms with Gasteiger partial charge in [-0.3, -0.25) is 0 Å². The second kappa shape index (κ2) is 5.67. The van der Waals surface area contributed by atoms with Crippen molar-refractivity contribution in [2.45, 2.75) is 12.2 Å². The summed E-state index contributed by atoms with van der Waals surface area (Å²) in [7, 11) is 2.02. The zero-order valence-corrected chi connectivity index (χ0v) is 11.9. The Kier molecular flexibility index (Phi) is 4.44. The second-order valence-electron chi connectivity index (χ2n) is 4.25. The third kappa shape index (κ3) is 3.01. The number of hydrogen-bond donors (Lipinski definition) is 1. The monoisotopic (exact) mass is 319 g/mol. The number of halogens is 2. The van der Waals surface area contributed by atoms with Gasteiger partial charge in [-0.1, -0.05) is 33.6 Å². The lowest BCUT2D eigenvalue weighted by Crippen LogP contribution is -2.43. The summed E-state index contributed by atoms with van der Waals surface area (Å²) in [6.07, 6.45) is -0.939. The zero-order chi connectivity index (χ0) is 12.4. The van der Waals surface area contributed by atoms with E-state index in [2.05, 4.69) is 20.8 Å². The third-order valence-electron chi connectivity index (χ3n) is 2.94. The SMILES string of the molecule is CN1CCOC(C(O)c2c(Cl)cccc2Br)C1. The average molecular weight is 321 g/mol. The molecule has 5 heteroatoms. The standard InChI is InChI=1S/C12H15BrClNO2/c1-15-5-6-17-10(7-15)12(16)11-8(13)3-2-4-9(11)14/h2-4,10,12,16H,5-7H2,1H3. The van der Waals surface area contributed by atoms with Crippen LogP contribution in [0.1, 0.15) is 11.7 Å². The maximum atomic E-state index is 10.4. The van der Waals surface area contributed by atoms with Crippen molar-refractivity contribution in [2.75, 3.05) is 26.7 Å². The second-order valence-corrected chi connectivity index (χ2v) is 5.51. The minimum absolute atomic E-state index is 0.232. The first-order chi connectivity index (χ1) is 8.09. The number of rotatable bonds is 2. The summed E-state index contributed by atoms with van der Waals surface area (Å²) in [4.78, 5) is 2.14. The number of aliphatic hydroxyl groups is 1. The molecule has 0 saturated carbocycles. The van der Waals surface area contributed by atoms with E-state index in [1.54, 1.807) is 6.07 Å². The Labute approximate surface area is 114 Å². The van der Waals surface area contributed by atoms with E-state index < -0.39 is 6.10 Å². The molecule has 1 fully saturated rings. The number of likely N-dealkylation sites (N-methyl/N-ethyl adjacent to an activating group) is 1. The van der Waals surface area contributed by atoms with Crippen molar-refractivity contribution in [1.82, 2.24) is 4.90 Å². The Hall–Kier alpha value is -0.130. The summed E-state index contributed by atoms with van der Waals surface area (Å²) < 4.78 is 6.42. The van der Waals surface area contributed by atoms with Crippen LogP contribution in [-0.2, 0) is 4.74 Å². The molecule has 1 heterocycles. The molecule has 1 N–H and O–H groups in total. The van der Waals surface area contributed by atoms with E-state index in [0.717, 1.165) is 11.0 Å². The van der Waals surface area contributed by atoms with Crippen molar-refractivity contribution in [3.05, 3.63) is 33.3 Å². The van der Waals surface area contributed by atoms with Gasteiger partial charge in [0.1, 0.15) is 12.2 Å². The van der Waals surface area contributed by atoms with Crippen LogP contribution in [0.15, 0.2) is 22.7 Å². The number of nitrogens with zero attached hydrogens (tertiary/aromatic N) is 1. The van der Waals surface area contributed by atoms with Crippen LogP contribution in [0, 0.1) is 0 Å². The Balaban J connectivity index is 2.21. The van der Waals surface area contributed by atoms with E-state index in [1.165, 1.54) is 0 Å². The van der Waals surface area contributed by atoms with Crippen molar-refractivity contribution in [2.24, 2.45) is 0 Å². The van der Waals surface area contributed by atoms with Gasteiger partial charge in [0.2, 0.25) is 0 Å². The Morgan fingerprint density at radius 3 is 3.00 bits per heavy atom. The molecule has 2 unspecified atom stereocenters. The van der Waals surface area contributed by atoms with Crippen molar-refractivity contribution in [1.29, 1.82) is 0 Å². The van der Waals surface area contributed by atoms with Crippen LogP contribution in [0.25, 0.3) is 0 Å². The highest BCUT2D eigenvalue weighted by molar-refractivity contribution is 9.10. The maximum absolute atomic E-state index is 10.4. The van der Waals surface area contributed by atoms with Gasteiger partial charge >= 0.3 is 0 Å². The summed E-state index contributed by atoms with van der Waals surface area (Å²) in [6.45, 7) is 2.24. The predicted molar refractivity (Wildman–Crippen MR) is 71.3 cm³/mol. The van der Waals surface area contributed by atoms with E-state index in [-0.39, 0.29) is 6.10 Å². The molecular weight excluding hydrogens is 305 g/mol. The van der Waals surface area contributed by atoms with Crippen molar-refractivity contribution in [3.8, 4) is 0 Å². The number of hydrogen-bond acceptors (Lipinski definition) is 3. The topological polar surface area (TPSA) is 32.7 Å². The fourth-order valence-corrected chi connectivity index (χ4v) is 2.98. The number of benzene rings is 1. The van der Waals surface area contributed by atoms with Gasteiger partial charge in [-0.15, -0.1) is 0 Å². The van der Waals surface area contributed by atoms with Crippen molar-refractivity contribution < 1.29 is 9.84 Å². The Morgan fingerprint density at radius 1 is 1.59 bits per heavy atom. The first-order valence-corrected chi connectivity index (χ1v) is 6.69. The molecule has 2 atom stereocenters. The molecule has 17 heavy (non-hydrogen) atoms. The van der Waals surface area contributed by atoms with E-state index in [0.29, 0.717) is 23.7 Å². The van der Waals surface area contributed by atoms with Gasteiger partial charge < -0.3 is 14.7 Å². The largest absolute Gasteiger partial charge is 0.386 e. The lowest BCUT2D eigenvalue weighted by Gasteiger charge is -2.33. The summed E-state index contributed by atoms with van der Waals surface area (Å²) in [5.74, 6) is 0. The molecule has 94 valence electrons. The molecule has 1 saturated heterocycles. The number of morpholine rings is 1. The quantitative estimate of drug-likeness (QED) is 0.908. The fourth-order valence-electron chi connectivity index (χ4n) is 1.98. The maximum Gasteiger partial charge on any atom is 0.109 e. The van der Waals surface area contributed by atoms with E-state index >= 15 is 0 Å². The molecule has 0 aromatic heterocycles. The van der Waals surface area contributed by atoms with E-state index in [1.807, 2.05) is 19.2 Å². The van der Waals surface area contributed by atoms with Gasteiger partial charge in [0, 0.05) is 28.1 Å². The lowest BCUT2D eigenvalue weighted by atomic mass is 10.0. The van der Waals surface area contributed by atoms with Crippen LogP contribution in [0.2, 0.25) is 5.02 Å². The Morgan fingerprint density at radius 2 is 2.35 bits per heavy atom. The molecule has 1 aromatic carbocycles. The zero-order valence-electron chi connectivity index (χ0n) is 9.57. The number of aliphatic hydroxyl groups excluding tert-OH is 1. The molecule has 1 aliphatic rings. The lowest BCUT2D eigenvalue weighted by molar-refractivity contribution is -0.0846. The summed E-state index contributed by atoms with van der Waals surface area (Å²) in [5.41, 5.74) is 0.703. The van der Waals surface area contributed by atoms with Gasteiger partial charge in [-0.25, -0.2) is 0 Å². The van der Waals surface area contributed by atoms with Gasteiger partial charge in [-0.2, -0.15) is 0 Å². The van der Waals surface area contributed by atoms with Crippen LogP contribution in [0.5, 0.6) is 0 Å². The molecular formula is C12H15BrClNO2. The molecule has 3 nitrogen and oxygen atoms in total. The summed E-state index contributed by atoms with van der Waals surface area (Å²) in [5, 5.41) is 10.9. The molecule has 2 rings (SSSR count). The van der Waals surface area contributed by atoms with Crippen LogP contribution in [0.4, 0.5) is 0 Å². The molecule has 1 aromatic rings. The first-order valence-electron chi connectivity index (χ1n) is 5.51. The first kappa shape index (κ1) is 13.3. The normalized spacial score (nSPS) is 23.6.